The monoisotopic (exact) mass is 334 g/mol. The molecule has 5 N–H and O–H groups in total. The number of likely N-dealkylation sites (tertiary alicyclic amines) is 1. The van der Waals surface area contributed by atoms with E-state index in [1.165, 1.54) is 0 Å². The van der Waals surface area contributed by atoms with Crippen LogP contribution in [0.15, 0.2) is 18.2 Å². The smallest absolute Gasteiger partial charge is 0.231 e. The van der Waals surface area contributed by atoms with Crippen LogP contribution in [0.5, 0.6) is 11.5 Å². The van der Waals surface area contributed by atoms with Crippen molar-refractivity contribution in [2.24, 2.45) is 5.73 Å². The van der Waals surface area contributed by atoms with Crippen LogP contribution in [0.1, 0.15) is 31.7 Å². The Morgan fingerprint density at radius 3 is 2.71 bits per heavy atom. The van der Waals surface area contributed by atoms with E-state index >= 15 is 0 Å². The van der Waals surface area contributed by atoms with E-state index in [9.17, 15) is 5.11 Å². The minimum Gasteiger partial charge on any atom is -0.454 e. The molecule has 132 valence electrons. The lowest BCUT2D eigenvalue weighted by Crippen LogP contribution is -2.66. The highest BCUT2D eigenvalue weighted by molar-refractivity contribution is 5.46. The van der Waals surface area contributed by atoms with Crippen LogP contribution in [0.4, 0.5) is 0 Å². The SMILES string of the molecule is CC1CC(N2CCC(O)(c3ccc4c(c3)OCO4)CC2)NC(N)N1. The van der Waals surface area contributed by atoms with Crippen molar-refractivity contribution in [3.05, 3.63) is 23.8 Å². The second-order valence-electron chi connectivity index (χ2n) is 7.10. The van der Waals surface area contributed by atoms with Crippen molar-refractivity contribution < 1.29 is 14.6 Å². The van der Waals surface area contributed by atoms with Crippen LogP contribution >= 0.6 is 0 Å². The number of hydrogen-bond acceptors (Lipinski definition) is 7. The van der Waals surface area contributed by atoms with Crippen molar-refractivity contribution >= 4 is 0 Å². The Morgan fingerprint density at radius 1 is 1.21 bits per heavy atom. The minimum atomic E-state index is -0.807. The van der Waals surface area contributed by atoms with Gasteiger partial charge in [0.05, 0.1) is 11.8 Å². The molecule has 0 amide bonds. The van der Waals surface area contributed by atoms with E-state index in [-0.39, 0.29) is 19.2 Å². The summed E-state index contributed by atoms with van der Waals surface area (Å²) < 4.78 is 10.8. The Kier molecular flexibility index (Phi) is 4.14. The summed E-state index contributed by atoms with van der Waals surface area (Å²) in [6, 6.07) is 6.14. The third kappa shape index (κ3) is 2.98. The molecule has 0 radical (unpaired) electrons. The molecular formula is C17H26N4O3. The maximum Gasteiger partial charge on any atom is 0.231 e. The number of fused-ring (bicyclic) bond motifs is 1. The molecule has 1 aromatic carbocycles. The first-order valence-electron chi connectivity index (χ1n) is 8.68. The summed E-state index contributed by atoms with van der Waals surface area (Å²) >= 11 is 0. The fraction of sp³-hybridized carbons (Fsp3) is 0.647. The first kappa shape index (κ1) is 16.1. The number of rotatable bonds is 2. The maximum atomic E-state index is 11.1. The van der Waals surface area contributed by atoms with Gasteiger partial charge in [0.25, 0.3) is 0 Å². The van der Waals surface area contributed by atoms with E-state index in [1.54, 1.807) is 0 Å². The lowest BCUT2D eigenvalue weighted by molar-refractivity contribution is -0.0466. The second-order valence-corrected chi connectivity index (χ2v) is 7.10. The van der Waals surface area contributed by atoms with Crippen molar-refractivity contribution in [1.82, 2.24) is 15.5 Å². The predicted octanol–water partition coefficient (Wildman–Crippen LogP) is 0.239. The topological polar surface area (TPSA) is 92.0 Å². The molecule has 2 fully saturated rings. The average molecular weight is 334 g/mol. The zero-order valence-electron chi connectivity index (χ0n) is 14.0. The summed E-state index contributed by atoms with van der Waals surface area (Å²) in [5, 5.41) is 17.8. The quantitative estimate of drug-likeness (QED) is 0.616. The van der Waals surface area contributed by atoms with Crippen LogP contribution in [0.25, 0.3) is 0 Å². The summed E-state index contributed by atoms with van der Waals surface area (Å²) in [4.78, 5) is 2.39. The molecular weight excluding hydrogens is 308 g/mol. The van der Waals surface area contributed by atoms with Crippen molar-refractivity contribution in [2.45, 2.75) is 50.3 Å². The van der Waals surface area contributed by atoms with Crippen LogP contribution in [0.2, 0.25) is 0 Å². The van der Waals surface area contributed by atoms with Crippen molar-refractivity contribution in [3.63, 3.8) is 0 Å². The van der Waals surface area contributed by atoms with Crippen LogP contribution in [-0.2, 0) is 5.60 Å². The fourth-order valence-corrected chi connectivity index (χ4v) is 3.97. The predicted molar refractivity (Wildman–Crippen MR) is 89.4 cm³/mol. The van der Waals surface area contributed by atoms with Gasteiger partial charge in [0.2, 0.25) is 6.79 Å². The van der Waals surface area contributed by atoms with Gasteiger partial charge in [0, 0.05) is 19.1 Å². The molecule has 0 spiro atoms. The fourth-order valence-electron chi connectivity index (χ4n) is 3.97. The highest BCUT2D eigenvalue weighted by atomic mass is 16.7. The molecule has 0 saturated carbocycles. The van der Waals surface area contributed by atoms with Gasteiger partial charge in [0.1, 0.15) is 6.29 Å². The molecule has 3 atom stereocenters. The Labute approximate surface area is 142 Å². The van der Waals surface area contributed by atoms with E-state index in [4.69, 9.17) is 15.2 Å². The molecule has 0 aliphatic carbocycles. The van der Waals surface area contributed by atoms with Gasteiger partial charge in [-0.2, -0.15) is 0 Å². The Morgan fingerprint density at radius 2 is 1.96 bits per heavy atom. The maximum absolute atomic E-state index is 11.1. The molecule has 0 bridgehead atoms. The second kappa shape index (κ2) is 6.16. The summed E-state index contributed by atoms with van der Waals surface area (Å²) in [5.41, 5.74) is 6.10. The number of nitrogens with zero attached hydrogens (tertiary/aromatic N) is 1. The van der Waals surface area contributed by atoms with Crippen LogP contribution < -0.4 is 25.8 Å². The summed E-state index contributed by atoms with van der Waals surface area (Å²) in [6.07, 6.45) is 2.49. The van der Waals surface area contributed by atoms with Crippen molar-refractivity contribution in [2.75, 3.05) is 19.9 Å². The largest absolute Gasteiger partial charge is 0.454 e. The molecule has 7 heteroatoms. The van der Waals surface area contributed by atoms with Gasteiger partial charge >= 0.3 is 0 Å². The molecule has 24 heavy (non-hydrogen) atoms. The van der Waals surface area contributed by atoms with Gasteiger partial charge in [-0.05, 0) is 43.9 Å². The van der Waals surface area contributed by atoms with E-state index in [1.807, 2.05) is 18.2 Å². The molecule has 7 nitrogen and oxygen atoms in total. The van der Waals surface area contributed by atoms with E-state index in [0.717, 1.165) is 36.6 Å². The molecule has 4 rings (SSSR count). The molecule has 1 aromatic rings. The van der Waals surface area contributed by atoms with Gasteiger partial charge in [0.15, 0.2) is 11.5 Å². The first-order valence-corrected chi connectivity index (χ1v) is 8.68. The summed E-state index contributed by atoms with van der Waals surface area (Å²) in [7, 11) is 0. The standard InChI is InChI=1S/C17H26N4O3/c1-11-8-15(20-16(18)19-11)21-6-4-17(22,5-7-21)12-2-3-13-14(9-12)24-10-23-13/h2-3,9,11,15-16,19-20,22H,4-8,10,18H2,1H3. The molecule has 0 aromatic heterocycles. The molecule has 3 aliphatic rings. The third-order valence-electron chi connectivity index (χ3n) is 5.39. The van der Waals surface area contributed by atoms with Crippen LogP contribution in [0.3, 0.4) is 0 Å². The zero-order chi connectivity index (χ0) is 16.7. The number of aliphatic hydroxyl groups is 1. The highest BCUT2D eigenvalue weighted by Gasteiger charge is 2.38. The number of nitrogens with one attached hydrogen (secondary N) is 2. The summed E-state index contributed by atoms with van der Waals surface area (Å²) in [5.74, 6) is 1.48. The zero-order valence-corrected chi connectivity index (χ0v) is 14.0. The lowest BCUT2D eigenvalue weighted by atomic mass is 9.84. The van der Waals surface area contributed by atoms with Gasteiger partial charge < -0.3 is 20.3 Å². The Hall–Kier alpha value is -1.38. The number of nitrogens with two attached hydrogens (primary N) is 1. The minimum absolute atomic E-state index is 0.173. The molecule has 3 heterocycles. The van der Waals surface area contributed by atoms with Crippen molar-refractivity contribution in [3.8, 4) is 11.5 Å². The van der Waals surface area contributed by atoms with Gasteiger partial charge in [-0.15, -0.1) is 0 Å². The number of hydrogen-bond donors (Lipinski definition) is 4. The van der Waals surface area contributed by atoms with Crippen LogP contribution in [0, 0.1) is 0 Å². The first-order chi connectivity index (χ1) is 11.5. The van der Waals surface area contributed by atoms with E-state index < -0.39 is 5.60 Å². The Bertz CT molecular complexity index is 593. The summed E-state index contributed by atoms with van der Waals surface area (Å²) in [6.45, 7) is 4.08. The Balaban J connectivity index is 1.43. The van der Waals surface area contributed by atoms with Gasteiger partial charge in [-0.3, -0.25) is 15.5 Å². The number of piperidine rings is 1. The number of benzene rings is 1. The van der Waals surface area contributed by atoms with Gasteiger partial charge in [-0.25, -0.2) is 0 Å². The van der Waals surface area contributed by atoms with Crippen LogP contribution in [-0.4, -0.2) is 48.4 Å². The highest BCUT2D eigenvalue weighted by Crippen LogP contribution is 2.39. The van der Waals surface area contributed by atoms with E-state index in [0.29, 0.717) is 18.9 Å². The molecule has 3 unspecified atom stereocenters. The molecule has 3 aliphatic heterocycles. The normalized spacial score (nSPS) is 32.7. The van der Waals surface area contributed by atoms with Gasteiger partial charge in [-0.1, -0.05) is 6.07 Å². The lowest BCUT2D eigenvalue weighted by Gasteiger charge is -2.45. The van der Waals surface area contributed by atoms with Crippen molar-refractivity contribution in [1.29, 1.82) is 0 Å². The van der Waals surface area contributed by atoms with E-state index in [2.05, 4.69) is 22.5 Å². The average Bonchev–Trinajstić information content (AvgIpc) is 3.02. The number of ether oxygens (including phenoxy) is 2. The molecule has 2 saturated heterocycles. The third-order valence-corrected chi connectivity index (χ3v) is 5.39.